The zero-order chi connectivity index (χ0) is 12.9. The minimum absolute atomic E-state index is 0.160. The van der Waals surface area contributed by atoms with Crippen LogP contribution in [0.5, 0.6) is 0 Å². The van der Waals surface area contributed by atoms with Crippen LogP contribution in [-0.4, -0.2) is 31.3 Å². The van der Waals surface area contributed by atoms with Crippen LogP contribution in [0.4, 0.5) is 5.82 Å². The van der Waals surface area contributed by atoms with E-state index in [1.807, 2.05) is 0 Å². The fraction of sp³-hybridized carbons (Fsp3) is 0.364. The number of hydrogen-bond donors (Lipinski definition) is 1. The van der Waals surface area contributed by atoms with Gasteiger partial charge in [0.2, 0.25) is 10.0 Å². The van der Waals surface area contributed by atoms with Crippen molar-refractivity contribution in [3.8, 4) is 0 Å². The van der Waals surface area contributed by atoms with E-state index in [4.69, 9.17) is 5.73 Å². The van der Waals surface area contributed by atoms with Crippen molar-refractivity contribution < 1.29 is 8.42 Å². The molecule has 0 unspecified atom stereocenters. The van der Waals surface area contributed by atoms with Gasteiger partial charge in [0.15, 0.2) is 0 Å². The van der Waals surface area contributed by atoms with Gasteiger partial charge >= 0.3 is 0 Å². The lowest BCUT2D eigenvalue weighted by molar-refractivity contribution is 0.462. The minimum Gasteiger partial charge on any atom is -0.384 e. The lowest BCUT2D eigenvalue weighted by Gasteiger charge is -2.16. The number of nitrogens with two attached hydrogens (primary N) is 1. The van der Waals surface area contributed by atoms with Crippen LogP contribution < -0.4 is 5.73 Å². The van der Waals surface area contributed by atoms with Crippen LogP contribution >= 0.6 is 0 Å². The summed E-state index contributed by atoms with van der Waals surface area (Å²) in [6, 6.07) is 2.94. The lowest BCUT2D eigenvalue weighted by Crippen LogP contribution is -2.28. The smallest absolute Gasteiger partial charge is 0.244 e. The van der Waals surface area contributed by atoms with Crippen molar-refractivity contribution in [3.63, 3.8) is 0 Å². The van der Waals surface area contributed by atoms with Crippen molar-refractivity contribution >= 4 is 15.8 Å². The molecule has 94 valence electrons. The zero-order valence-electron chi connectivity index (χ0n) is 9.83. The number of pyridine rings is 1. The van der Waals surface area contributed by atoms with Crippen molar-refractivity contribution in [1.82, 2.24) is 9.29 Å². The summed E-state index contributed by atoms with van der Waals surface area (Å²) >= 11 is 0. The molecule has 0 radical (unpaired) electrons. The van der Waals surface area contributed by atoms with Crippen LogP contribution in [0.2, 0.25) is 0 Å². The number of aromatic nitrogens is 1. The van der Waals surface area contributed by atoms with E-state index < -0.39 is 10.0 Å². The van der Waals surface area contributed by atoms with E-state index in [0.717, 1.165) is 12.8 Å². The van der Waals surface area contributed by atoms with Crippen LogP contribution in [-0.2, 0) is 10.0 Å². The molecule has 6 heteroatoms. The predicted molar refractivity (Wildman–Crippen MR) is 67.9 cm³/mol. The van der Waals surface area contributed by atoms with Crippen molar-refractivity contribution in [3.05, 3.63) is 31.0 Å². The molecule has 0 saturated carbocycles. The molecule has 0 aliphatic heterocycles. The average Bonchev–Trinajstić information content (AvgIpc) is 2.29. The Balaban J connectivity index is 2.80. The highest BCUT2D eigenvalue weighted by molar-refractivity contribution is 7.89. The number of hydrogen-bond acceptors (Lipinski definition) is 4. The topological polar surface area (TPSA) is 76.3 Å². The van der Waals surface area contributed by atoms with Crippen molar-refractivity contribution in [2.75, 3.05) is 19.3 Å². The molecule has 1 aromatic heterocycles. The summed E-state index contributed by atoms with van der Waals surface area (Å²) in [5.74, 6) is 0.304. The van der Waals surface area contributed by atoms with Crippen LogP contribution in [0, 0.1) is 0 Å². The molecule has 17 heavy (non-hydrogen) atoms. The van der Waals surface area contributed by atoms with Crippen molar-refractivity contribution in [1.29, 1.82) is 0 Å². The number of unbranched alkanes of at least 4 members (excludes halogenated alkanes) is 1. The molecule has 1 rings (SSSR count). The summed E-state index contributed by atoms with van der Waals surface area (Å²) in [5, 5.41) is 0. The van der Waals surface area contributed by atoms with Crippen LogP contribution in [0.15, 0.2) is 35.9 Å². The molecule has 0 bridgehead atoms. The highest BCUT2D eigenvalue weighted by atomic mass is 32.2. The Kier molecular flexibility index (Phi) is 4.65. The minimum atomic E-state index is -3.46. The first-order valence-electron chi connectivity index (χ1n) is 5.27. The van der Waals surface area contributed by atoms with Crippen LogP contribution in [0.25, 0.3) is 0 Å². The van der Waals surface area contributed by atoms with Gasteiger partial charge in [-0.05, 0) is 25.0 Å². The summed E-state index contributed by atoms with van der Waals surface area (Å²) < 4.78 is 25.4. The second kappa shape index (κ2) is 5.79. The Morgan fingerprint density at radius 1 is 1.53 bits per heavy atom. The average molecular weight is 255 g/mol. The maximum Gasteiger partial charge on any atom is 0.244 e. The molecule has 0 saturated heterocycles. The molecule has 0 aliphatic carbocycles. The third-order valence-corrected chi connectivity index (χ3v) is 4.19. The number of nitrogen functional groups attached to an aromatic ring is 1. The predicted octanol–water partition coefficient (Wildman–Crippen LogP) is 1.25. The molecule has 0 aliphatic rings. The van der Waals surface area contributed by atoms with E-state index in [0.29, 0.717) is 12.4 Å². The third-order valence-electron chi connectivity index (χ3n) is 2.35. The van der Waals surface area contributed by atoms with Gasteiger partial charge in [0.05, 0.1) is 0 Å². The highest BCUT2D eigenvalue weighted by Gasteiger charge is 2.20. The summed E-state index contributed by atoms with van der Waals surface area (Å²) in [6.07, 6.45) is 4.58. The molecule has 0 atom stereocenters. The number of anilines is 1. The molecule has 0 amide bonds. The van der Waals surface area contributed by atoms with Crippen molar-refractivity contribution in [2.24, 2.45) is 0 Å². The number of rotatable bonds is 6. The van der Waals surface area contributed by atoms with Gasteiger partial charge in [0.25, 0.3) is 0 Å². The van der Waals surface area contributed by atoms with Gasteiger partial charge in [-0.25, -0.2) is 17.7 Å². The third kappa shape index (κ3) is 3.54. The number of nitrogens with zero attached hydrogens (tertiary/aromatic N) is 2. The van der Waals surface area contributed by atoms with E-state index in [1.165, 1.54) is 22.6 Å². The van der Waals surface area contributed by atoms with Crippen LogP contribution in [0.3, 0.4) is 0 Å². The molecule has 1 aromatic rings. The van der Waals surface area contributed by atoms with E-state index in [1.54, 1.807) is 13.1 Å². The summed E-state index contributed by atoms with van der Waals surface area (Å²) in [4.78, 5) is 3.94. The molecule has 0 spiro atoms. The standard InChI is InChI=1S/C11H17N3O2S/c1-3-4-5-8-14(2)17(15,16)10-6-7-11(12)13-9-10/h3,6-7,9H,1,4-5,8H2,2H3,(H2,12,13). The Labute approximate surface area is 102 Å². The molecule has 2 N–H and O–H groups in total. The van der Waals surface area contributed by atoms with E-state index in [2.05, 4.69) is 11.6 Å². The van der Waals surface area contributed by atoms with E-state index in [9.17, 15) is 8.42 Å². The summed E-state index contributed by atoms with van der Waals surface area (Å²) in [7, 11) is -1.90. The maximum atomic E-state index is 12.1. The van der Waals surface area contributed by atoms with Gasteiger partial charge in [-0.1, -0.05) is 6.08 Å². The monoisotopic (exact) mass is 255 g/mol. The molecular formula is C11H17N3O2S. The van der Waals surface area contributed by atoms with Gasteiger partial charge in [-0.15, -0.1) is 6.58 Å². The van der Waals surface area contributed by atoms with Gasteiger partial charge in [-0.2, -0.15) is 0 Å². The molecule has 5 nitrogen and oxygen atoms in total. The fourth-order valence-electron chi connectivity index (χ4n) is 1.30. The molecule has 1 heterocycles. The fourth-order valence-corrected chi connectivity index (χ4v) is 2.46. The Hall–Kier alpha value is -1.40. The van der Waals surface area contributed by atoms with Crippen LogP contribution in [0.1, 0.15) is 12.8 Å². The first-order valence-corrected chi connectivity index (χ1v) is 6.71. The van der Waals surface area contributed by atoms with Gasteiger partial charge < -0.3 is 5.73 Å². The molecular weight excluding hydrogens is 238 g/mol. The second-order valence-electron chi connectivity index (χ2n) is 3.68. The zero-order valence-corrected chi connectivity index (χ0v) is 10.7. The SMILES string of the molecule is C=CCCCN(C)S(=O)(=O)c1ccc(N)nc1. The van der Waals surface area contributed by atoms with Crippen molar-refractivity contribution in [2.45, 2.75) is 17.7 Å². The van der Waals surface area contributed by atoms with Gasteiger partial charge in [0.1, 0.15) is 10.7 Å². The van der Waals surface area contributed by atoms with E-state index >= 15 is 0 Å². The number of sulfonamides is 1. The summed E-state index contributed by atoms with van der Waals surface area (Å²) in [6.45, 7) is 4.05. The van der Waals surface area contributed by atoms with Gasteiger partial charge in [-0.3, -0.25) is 0 Å². The Bertz CT molecular complexity index is 468. The summed E-state index contributed by atoms with van der Waals surface area (Å²) in [5.41, 5.74) is 5.41. The second-order valence-corrected chi connectivity index (χ2v) is 5.72. The number of allylic oxidation sites excluding steroid dienone is 1. The lowest BCUT2D eigenvalue weighted by atomic mass is 10.3. The largest absolute Gasteiger partial charge is 0.384 e. The van der Waals surface area contributed by atoms with E-state index in [-0.39, 0.29) is 4.90 Å². The quantitative estimate of drug-likeness (QED) is 0.613. The highest BCUT2D eigenvalue weighted by Crippen LogP contribution is 2.14. The molecule has 0 fully saturated rings. The molecule has 0 aromatic carbocycles. The normalized spacial score (nSPS) is 11.6. The van der Waals surface area contributed by atoms with Gasteiger partial charge in [0, 0.05) is 19.8 Å². The maximum absolute atomic E-state index is 12.1. The first kappa shape index (κ1) is 13.7. The Morgan fingerprint density at radius 3 is 2.76 bits per heavy atom. The first-order chi connectivity index (χ1) is 7.98. The Morgan fingerprint density at radius 2 is 2.24 bits per heavy atom.